The summed E-state index contributed by atoms with van der Waals surface area (Å²) in [6.45, 7) is 0.223. The van der Waals surface area contributed by atoms with Gasteiger partial charge in [0.05, 0.1) is 15.0 Å². The van der Waals surface area contributed by atoms with E-state index in [0.29, 0.717) is 27.8 Å². The lowest BCUT2D eigenvalue weighted by molar-refractivity contribution is -0.384. The van der Waals surface area contributed by atoms with Crippen LogP contribution in [0.5, 0.6) is 0 Å². The molecular weight excluding hydrogens is 449 g/mol. The van der Waals surface area contributed by atoms with Crippen LogP contribution in [0, 0.1) is 10.1 Å². The van der Waals surface area contributed by atoms with E-state index in [2.05, 4.69) is 5.32 Å². The van der Waals surface area contributed by atoms with Gasteiger partial charge < -0.3 is 10.2 Å². The van der Waals surface area contributed by atoms with Crippen molar-refractivity contribution in [3.8, 4) is 0 Å². The largest absolute Gasteiger partial charge is 0.340 e. The van der Waals surface area contributed by atoms with Crippen molar-refractivity contribution in [3.63, 3.8) is 0 Å². The highest BCUT2D eigenvalue weighted by Gasteiger charge is 2.25. The summed E-state index contributed by atoms with van der Waals surface area (Å²) in [4.78, 5) is 37.5. The third-order valence-electron chi connectivity index (χ3n) is 4.35. The molecule has 7 nitrogen and oxygen atoms in total. The number of nitrogens with one attached hydrogen (secondary N) is 1. The summed E-state index contributed by atoms with van der Waals surface area (Å²) in [6.07, 6.45) is 2.31. The van der Waals surface area contributed by atoms with Gasteiger partial charge in [-0.2, -0.15) is 11.8 Å². The molecule has 2 aromatic carbocycles. The molecule has 30 heavy (non-hydrogen) atoms. The molecule has 0 spiro atoms. The zero-order valence-corrected chi connectivity index (χ0v) is 18.8. The lowest BCUT2D eigenvalue weighted by atomic mass is 10.1. The fourth-order valence-corrected chi connectivity index (χ4v) is 3.62. The predicted octanol–water partition coefficient (Wildman–Crippen LogP) is 4.41. The summed E-state index contributed by atoms with van der Waals surface area (Å²) in [7, 11) is 1.62. The number of halogens is 2. The molecule has 2 aromatic rings. The third-order valence-corrected chi connectivity index (χ3v) is 5.85. The SMILES string of the molecule is CSCCC(NC(=O)c1cccc([N+](=O)[O-])c1)C(=O)N(C)Cc1cccc(Cl)c1Cl. The number of hydrogen-bond donors (Lipinski definition) is 1. The number of likely N-dealkylation sites (N-methyl/N-ethyl adjacent to an activating group) is 1. The Morgan fingerprint density at radius 3 is 2.60 bits per heavy atom. The Bertz CT molecular complexity index is 942. The first-order valence-corrected chi connectivity index (χ1v) is 11.1. The Balaban J connectivity index is 2.16. The molecule has 0 radical (unpaired) electrons. The van der Waals surface area contributed by atoms with Crippen molar-refractivity contribution in [2.24, 2.45) is 0 Å². The molecule has 10 heteroatoms. The number of thioether (sulfide) groups is 1. The van der Waals surface area contributed by atoms with Crippen LogP contribution >= 0.6 is 35.0 Å². The van der Waals surface area contributed by atoms with Crippen LogP contribution in [0.15, 0.2) is 42.5 Å². The number of amides is 2. The smallest absolute Gasteiger partial charge is 0.270 e. The fourth-order valence-electron chi connectivity index (χ4n) is 2.77. The van der Waals surface area contributed by atoms with Crippen LogP contribution in [0.25, 0.3) is 0 Å². The van der Waals surface area contributed by atoms with Crippen molar-refractivity contribution >= 4 is 52.5 Å². The second-order valence-electron chi connectivity index (χ2n) is 6.52. The molecule has 0 aliphatic carbocycles. The molecule has 1 unspecified atom stereocenters. The summed E-state index contributed by atoms with van der Waals surface area (Å²) in [5, 5.41) is 14.4. The Morgan fingerprint density at radius 2 is 1.93 bits per heavy atom. The minimum absolute atomic E-state index is 0.117. The Labute approximate surface area is 188 Å². The topological polar surface area (TPSA) is 92.5 Å². The van der Waals surface area contributed by atoms with Gasteiger partial charge in [0.15, 0.2) is 0 Å². The zero-order valence-electron chi connectivity index (χ0n) is 16.4. The number of benzene rings is 2. The number of hydrogen-bond acceptors (Lipinski definition) is 5. The van der Waals surface area contributed by atoms with Gasteiger partial charge in [0.25, 0.3) is 11.6 Å². The predicted molar refractivity (Wildman–Crippen MR) is 120 cm³/mol. The number of carbonyl (C=O) groups is 2. The van der Waals surface area contributed by atoms with Gasteiger partial charge in [-0.1, -0.05) is 41.4 Å². The minimum atomic E-state index is -0.785. The highest BCUT2D eigenvalue weighted by atomic mass is 35.5. The number of carbonyl (C=O) groups excluding carboxylic acids is 2. The van der Waals surface area contributed by atoms with E-state index in [1.54, 1.807) is 37.0 Å². The van der Waals surface area contributed by atoms with Crippen molar-refractivity contribution in [2.75, 3.05) is 19.1 Å². The van der Waals surface area contributed by atoms with E-state index < -0.39 is 16.9 Å². The van der Waals surface area contributed by atoms with E-state index in [4.69, 9.17) is 23.2 Å². The lowest BCUT2D eigenvalue weighted by Gasteiger charge is -2.25. The number of nitrogens with zero attached hydrogens (tertiary/aromatic N) is 2. The molecule has 2 amide bonds. The van der Waals surface area contributed by atoms with Gasteiger partial charge in [-0.3, -0.25) is 19.7 Å². The maximum atomic E-state index is 13.0. The third kappa shape index (κ3) is 6.35. The van der Waals surface area contributed by atoms with Gasteiger partial charge in [-0.05, 0) is 36.1 Å². The average Bonchev–Trinajstić information content (AvgIpc) is 2.73. The maximum absolute atomic E-state index is 13.0. The van der Waals surface area contributed by atoms with Crippen LogP contribution in [0.4, 0.5) is 5.69 Å². The second kappa shape index (κ2) is 11.2. The van der Waals surface area contributed by atoms with Crippen LogP contribution in [-0.4, -0.2) is 46.7 Å². The first-order chi connectivity index (χ1) is 14.2. The molecule has 0 aliphatic rings. The lowest BCUT2D eigenvalue weighted by Crippen LogP contribution is -2.47. The fraction of sp³-hybridized carbons (Fsp3) is 0.300. The molecule has 160 valence electrons. The molecule has 0 aromatic heterocycles. The molecule has 0 fully saturated rings. The van der Waals surface area contributed by atoms with E-state index in [9.17, 15) is 19.7 Å². The molecule has 1 N–H and O–H groups in total. The summed E-state index contributed by atoms with van der Waals surface area (Å²) >= 11 is 13.8. The number of nitro benzene ring substituents is 1. The molecule has 0 aliphatic heterocycles. The summed E-state index contributed by atoms with van der Waals surface area (Å²) in [6, 6.07) is 9.78. The van der Waals surface area contributed by atoms with Crippen LogP contribution in [0.2, 0.25) is 10.0 Å². The van der Waals surface area contributed by atoms with Gasteiger partial charge in [0, 0.05) is 31.3 Å². The zero-order chi connectivity index (χ0) is 22.3. The summed E-state index contributed by atoms with van der Waals surface area (Å²) in [5.74, 6) is -0.191. The molecule has 1 atom stereocenters. The van der Waals surface area contributed by atoms with Crippen molar-refractivity contribution < 1.29 is 14.5 Å². The molecule has 0 saturated heterocycles. The van der Waals surface area contributed by atoms with Gasteiger partial charge in [-0.25, -0.2) is 0 Å². The normalized spacial score (nSPS) is 11.6. The van der Waals surface area contributed by atoms with E-state index in [1.807, 2.05) is 6.26 Å². The van der Waals surface area contributed by atoms with Gasteiger partial charge in [-0.15, -0.1) is 0 Å². The Morgan fingerprint density at radius 1 is 1.23 bits per heavy atom. The van der Waals surface area contributed by atoms with E-state index in [1.165, 1.54) is 29.2 Å². The Kier molecular flexibility index (Phi) is 8.95. The second-order valence-corrected chi connectivity index (χ2v) is 8.29. The number of rotatable bonds is 9. The summed E-state index contributed by atoms with van der Waals surface area (Å²) in [5.41, 5.74) is 0.614. The average molecular weight is 470 g/mol. The standard InChI is InChI=1S/C20H21Cl2N3O4S/c1-24(12-14-6-4-8-16(21)18(14)22)20(27)17(9-10-30-2)23-19(26)13-5-3-7-15(11-13)25(28)29/h3-8,11,17H,9-10,12H2,1-2H3,(H,23,26). The first kappa shape index (κ1) is 24.0. The van der Waals surface area contributed by atoms with Crippen molar-refractivity contribution in [2.45, 2.75) is 19.0 Å². The molecule has 0 bridgehead atoms. The quantitative estimate of drug-likeness (QED) is 0.433. The maximum Gasteiger partial charge on any atom is 0.270 e. The first-order valence-electron chi connectivity index (χ1n) is 8.96. The highest BCUT2D eigenvalue weighted by molar-refractivity contribution is 7.98. The van der Waals surface area contributed by atoms with Gasteiger partial charge >= 0.3 is 0 Å². The monoisotopic (exact) mass is 469 g/mol. The van der Waals surface area contributed by atoms with Crippen LogP contribution in [0.1, 0.15) is 22.3 Å². The van der Waals surface area contributed by atoms with E-state index in [-0.39, 0.29) is 23.7 Å². The van der Waals surface area contributed by atoms with Gasteiger partial charge in [0.1, 0.15) is 6.04 Å². The Hall–Kier alpha value is -2.29. The van der Waals surface area contributed by atoms with Crippen LogP contribution in [-0.2, 0) is 11.3 Å². The van der Waals surface area contributed by atoms with Crippen molar-refractivity contribution in [3.05, 3.63) is 73.8 Å². The van der Waals surface area contributed by atoms with Crippen LogP contribution in [0.3, 0.4) is 0 Å². The summed E-state index contributed by atoms with van der Waals surface area (Å²) < 4.78 is 0. The van der Waals surface area contributed by atoms with E-state index >= 15 is 0 Å². The number of nitro groups is 1. The minimum Gasteiger partial charge on any atom is -0.340 e. The molecule has 0 saturated carbocycles. The highest BCUT2D eigenvalue weighted by Crippen LogP contribution is 2.26. The molecule has 0 heterocycles. The van der Waals surface area contributed by atoms with E-state index in [0.717, 1.165) is 0 Å². The van der Waals surface area contributed by atoms with Gasteiger partial charge in [0.2, 0.25) is 5.91 Å². The van der Waals surface area contributed by atoms with Crippen molar-refractivity contribution in [1.29, 1.82) is 0 Å². The van der Waals surface area contributed by atoms with Crippen molar-refractivity contribution in [1.82, 2.24) is 10.2 Å². The van der Waals surface area contributed by atoms with Crippen LogP contribution < -0.4 is 5.32 Å². The molecule has 2 rings (SSSR count). The molecular formula is C20H21Cl2N3O4S. The number of non-ortho nitro benzene ring substituents is 1.